The summed E-state index contributed by atoms with van der Waals surface area (Å²) in [4.78, 5) is 29.8. The van der Waals surface area contributed by atoms with Crippen LogP contribution in [0.4, 0.5) is 0 Å². The number of benzene rings is 1. The van der Waals surface area contributed by atoms with Crippen LogP contribution in [0.2, 0.25) is 0 Å². The van der Waals surface area contributed by atoms with Crippen molar-refractivity contribution >= 4 is 11.8 Å². The summed E-state index contributed by atoms with van der Waals surface area (Å²) in [5, 5.41) is 0. The number of aryl methyl sites for hydroxylation is 1. The monoisotopic (exact) mass is 366 g/mol. The number of hydrogen-bond donors (Lipinski definition) is 0. The second-order valence-electron chi connectivity index (χ2n) is 7.66. The lowest BCUT2D eigenvalue weighted by molar-refractivity contribution is -0.139. The van der Waals surface area contributed by atoms with E-state index in [-0.39, 0.29) is 23.8 Å². The van der Waals surface area contributed by atoms with E-state index in [1.807, 2.05) is 53.1 Å². The Hall–Kier alpha value is -2.56. The first kappa shape index (κ1) is 17.8. The number of carbonyl (C=O) groups is 2. The van der Waals surface area contributed by atoms with Gasteiger partial charge in [-0.2, -0.15) is 0 Å². The van der Waals surface area contributed by atoms with Gasteiger partial charge < -0.3 is 14.2 Å². The van der Waals surface area contributed by atoms with Crippen molar-refractivity contribution in [2.24, 2.45) is 5.92 Å². The molecule has 2 bridgehead atoms. The molecule has 0 saturated carbocycles. The molecule has 2 atom stereocenters. The molecule has 0 spiro atoms. The fourth-order valence-electron chi connectivity index (χ4n) is 4.32. The van der Waals surface area contributed by atoms with Gasteiger partial charge >= 0.3 is 0 Å². The van der Waals surface area contributed by atoms with Crippen molar-refractivity contribution in [1.82, 2.24) is 9.80 Å². The van der Waals surface area contributed by atoms with E-state index in [1.54, 1.807) is 0 Å². The Labute approximate surface area is 159 Å². The minimum atomic E-state index is -0.0600. The molecule has 3 fully saturated rings. The lowest BCUT2D eigenvalue weighted by Gasteiger charge is -2.35. The summed E-state index contributed by atoms with van der Waals surface area (Å²) in [6, 6.07) is 11.6. The van der Waals surface area contributed by atoms with E-state index in [0.717, 1.165) is 42.9 Å². The number of nitrogens with zero attached hydrogens (tertiary/aromatic N) is 2. The first-order valence-electron chi connectivity index (χ1n) is 9.83. The molecule has 0 aliphatic carbocycles. The fraction of sp³-hybridized carbons (Fsp3) is 0.455. The third kappa shape index (κ3) is 3.38. The standard InChI is InChI=1S/C22H26N2O3/c1-3-11-24-19-9-8-18(22(24)26)13-23(14-19)21(25)17-6-4-5-16(12-17)20-10-7-15(2)27-20/h4-7,10,12,18-19H,3,8-9,11,13-14H2,1-2H3. The maximum atomic E-state index is 13.2. The van der Waals surface area contributed by atoms with Gasteiger partial charge in [-0.05, 0) is 50.5 Å². The van der Waals surface area contributed by atoms with E-state index in [1.165, 1.54) is 0 Å². The molecule has 5 nitrogen and oxygen atoms in total. The highest BCUT2D eigenvalue weighted by Crippen LogP contribution is 2.30. The minimum Gasteiger partial charge on any atom is -0.461 e. The largest absolute Gasteiger partial charge is 0.461 e. The predicted octanol–water partition coefficient (Wildman–Crippen LogP) is 3.73. The summed E-state index contributed by atoms with van der Waals surface area (Å²) in [6.07, 6.45) is 2.83. The maximum Gasteiger partial charge on any atom is 0.253 e. The SMILES string of the molecule is CCCN1C(=O)C2CCC1CN(C(=O)c1cccc(-c3ccc(C)o3)c1)C2. The average Bonchev–Trinajstić information content (AvgIpc) is 2.93. The molecule has 3 aliphatic heterocycles. The van der Waals surface area contributed by atoms with Gasteiger partial charge in [0.1, 0.15) is 11.5 Å². The molecule has 0 N–H and O–H groups in total. The van der Waals surface area contributed by atoms with Gasteiger partial charge in [-0.25, -0.2) is 0 Å². The molecule has 2 amide bonds. The van der Waals surface area contributed by atoms with Crippen LogP contribution in [-0.2, 0) is 4.79 Å². The highest BCUT2D eigenvalue weighted by Gasteiger charge is 2.41. The predicted molar refractivity (Wildman–Crippen MR) is 103 cm³/mol. The molecule has 5 rings (SSSR count). The highest BCUT2D eigenvalue weighted by atomic mass is 16.3. The van der Waals surface area contributed by atoms with Crippen molar-refractivity contribution in [2.45, 2.75) is 39.2 Å². The number of furan rings is 1. The van der Waals surface area contributed by atoms with Gasteiger partial charge in [0.15, 0.2) is 0 Å². The van der Waals surface area contributed by atoms with Crippen molar-refractivity contribution in [3.63, 3.8) is 0 Å². The van der Waals surface area contributed by atoms with E-state index < -0.39 is 0 Å². The van der Waals surface area contributed by atoms with E-state index in [9.17, 15) is 9.59 Å². The average molecular weight is 366 g/mol. The Kier molecular flexibility index (Phi) is 4.77. The molecule has 2 unspecified atom stereocenters. The summed E-state index contributed by atoms with van der Waals surface area (Å²) in [7, 11) is 0. The van der Waals surface area contributed by atoms with Crippen LogP contribution in [0.5, 0.6) is 0 Å². The summed E-state index contributed by atoms with van der Waals surface area (Å²) in [6.45, 7) is 5.94. The number of carbonyl (C=O) groups excluding carboxylic acids is 2. The van der Waals surface area contributed by atoms with Crippen LogP contribution >= 0.6 is 0 Å². The first-order valence-corrected chi connectivity index (χ1v) is 9.83. The Morgan fingerprint density at radius 3 is 2.78 bits per heavy atom. The quantitative estimate of drug-likeness (QED) is 0.828. The van der Waals surface area contributed by atoms with Gasteiger partial charge in [0.05, 0.1) is 5.92 Å². The van der Waals surface area contributed by atoms with Gasteiger partial charge in [-0.3, -0.25) is 9.59 Å². The van der Waals surface area contributed by atoms with Crippen LogP contribution in [0, 0.1) is 12.8 Å². The molecular weight excluding hydrogens is 340 g/mol. The smallest absolute Gasteiger partial charge is 0.253 e. The van der Waals surface area contributed by atoms with E-state index in [4.69, 9.17) is 4.42 Å². The van der Waals surface area contributed by atoms with Crippen LogP contribution < -0.4 is 0 Å². The molecular formula is C22H26N2O3. The zero-order chi connectivity index (χ0) is 19.0. The van der Waals surface area contributed by atoms with Gasteiger partial charge in [0.25, 0.3) is 5.91 Å². The van der Waals surface area contributed by atoms with Crippen molar-refractivity contribution in [3.05, 3.63) is 47.7 Å². The van der Waals surface area contributed by atoms with Crippen molar-refractivity contribution in [2.75, 3.05) is 19.6 Å². The van der Waals surface area contributed by atoms with Crippen LogP contribution in [0.1, 0.15) is 42.3 Å². The molecule has 2 aromatic rings. The van der Waals surface area contributed by atoms with Crippen molar-refractivity contribution in [3.8, 4) is 11.3 Å². The number of fused-ring (bicyclic) bond motifs is 4. The second kappa shape index (κ2) is 7.22. The highest BCUT2D eigenvalue weighted by molar-refractivity contribution is 5.96. The number of hydrogen-bond acceptors (Lipinski definition) is 3. The molecule has 3 aliphatic rings. The Bertz CT molecular complexity index is 857. The molecule has 0 radical (unpaired) electrons. The molecule has 5 heteroatoms. The van der Waals surface area contributed by atoms with Gasteiger partial charge in [0, 0.05) is 36.8 Å². The Morgan fingerprint density at radius 1 is 1.19 bits per heavy atom. The molecule has 142 valence electrons. The molecule has 3 saturated heterocycles. The second-order valence-corrected chi connectivity index (χ2v) is 7.66. The molecule has 27 heavy (non-hydrogen) atoms. The number of rotatable bonds is 4. The zero-order valence-corrected chi connectivity index (χ0v) is 16.0. The third-order valence-electron chi connectivity index (χ3n) is 5.68. The van der Waals surface area contributed by atoms with E-state index >= 15 is 0 Å². The van der Waals surface area contributed by atoms with Crippen LogP contribution in [-0.4, -0.2) is 47.3 Å². The summed E-state index contributed by atoms with van der Waals surface area (Å²) < 4.78 is 5.69. The van der Waals surface area contributed by atoms with Gasteiger partial charge in [0.2, 0.25) is 5.91 Å². The Morgan fingerprint density at radius 2 is 2.04 bits per heavy atom. The fourth-order valence-corrected chi connectivity index (χ4v) is 4.32. The lowest BCUT2D eigenvalue weighted by atomic mass is 9.94. The minimum absolute atomic E-state index is 0.00294. The Balaban J connectivity index is 1.57. The van der Waals surface area contributed by atoms with E-state index in [0.29, 0.717) is 18.7 Å². The van der Waals surface area contributed by atoms with Crippen molar-refractivity contribution < 1.29 is 14.0 Å². The van der Waals surface area contributed by atoms with Gasteiger partial charge in [-0.15, -0.1) is 0 Å². The van der Waals surface area contributed by atoms with Crippen LogP contribution in [0.25, 0.3) is 11.3 Å². The lowest BCUT2D eigenvalue weighted by Crippen LogP contribution is -2.48. The molecule has 1 aromatic carbocycles. The molecule has 1 aromatic heterocycles. The number of amides is 2. The van der Waals surface area contributed by atoms with Crippen LogP contribution in [0.15, 0.2) is 40.8 Å². The normalized spacial score (nSPS) is 22.2. The summed E-state index contributed by atoms with van der Waals surface area (Å²) in [5.41, 5.74) is 1.55. The number of piperidine rings is 1. The molecule has 4 heterocycles. The first-order chi connectivity index (χ1) is 13.1. The summed E-state index contributed by atoms with van der Waals surface area (Å²) >= 11 is 0. The van der Waals surface area contributed by atoms with Gasteiger partial charge in [-0.1, -0.05) is 19.1 Å². The maximum absolute atomic E-state index is 13.2. The third-order valence-corrected chi connectivity index (χ3v) is 5.68. The van der Waals surface area contributed by atoms with Crippen LogP contribution in [0.3, 0.4) is 0 Å². The van der Waals surface area contributed by atoms with E-state index in [2.05, 4.69) is 6.92 Å². The summed E-state index contributed by atoms with van der Waals surface area (Å²) in [5.74, 6) is 1.78. The van der Waals surface area contributed by atoms with Crippen molar-refractivity contribution in [1.29, 1.82) is 0 Å². The topological polar surface area (TPSA) is 53.8 Å². The zero-order valence-electron chi connectivity index (χ0n) is 16.0.